The Bertz CT molecular complexity index is 707. The van der Waals surface area contributed by atoms with Gasteiger partial charge in [-0.3, -0.25) is 4.79 Å². The normalized spacial score (nSPS) is 11.5. The van der Waals surface area contributed by atoms with Crippen molar-refractivity contribution < 1.29 is 9.59 Å². The van der Waals surface area contributed by atoms with E-state index in [4.69, 9.17) is 5.73 Å². The minimum atomic E-state index is -0.589. The highest BCUT2D eigenvalue weighted by Gasteiger charge is 2.20. The SMILES string of the molecule is NCCCCNC(=O)[C@H](CCc1ccccc1)NC(=O)NCc1ccccc1. The van der Waals surface area contributed by atoms with Crippen LogP contribution in [0.5, 0.6) is 0 Å². The van der Waals surface area contributed by atoms with Gasteiger partial charge in [0.2, 0.25) is 5.91 Å². The van der Waals surface area contributed by atoms with E-state index in [1.165, 1.54) is 0 Å². The maximum atomic E-state index is 12.6. The fourth-order valence-electron chi connectivity index (χ4n) is 2.82. The van der Waals surface area contributed by atoms with Crippen LogP contribution < -0.4 is 21.7 Å². The molecule has 0 unspecified atom stereocenters. The number of hydrogen-bond donors (Lipinski definition) is 4. The van der Waals surface area contributed by atoms with Gasteiger partial charge in [-0.2, -0.15) is 0 Å². The first kappa shape index (κ1) is 21.4. The molecule has 6 nitrogen and oxygen atoms in total. The molecule has 3 amide bonds. The van der Waals surface area contributed by atoms with Crippen LogP contribution in [0.15, 0.2) is 60.7 Å². The number of hydrogen-bond acceptors (Lipinski definition) is 3. The van der Waals surface area contributed by atoms with Crippen molar-refractivity contribution in [2.45, 2.75) is 38.3 Å². The van der Waals surface area contributed by atoms with E-state index in [0.29, 0.717) is 32.5 Å². The average Bonchev–Trinajstić information content (AvgIpc) is 2.74. The summed E-state index contributed by atoms with van der Waals surface area (Å²) in [7, 11) is 0. The fraction of sp³-hybridized carbons (Fsp3) is 0.364. The number of rotatable bonds is 11. The molecule has 2 aromatic carbocycles. The fourth-order valence-corrected chi connectivity index (χ4v) is 2.82. The number of aryl methyl sites for hydroxylation is 1. The summed E-state index contributed by atoms with van der Waals surface area (Å²) in [5.74, 6) is -0.164. The summed E-state index contributed by atoms with van der Waals surface area (Å²) in [5.41, 5.74) is 7.63. The van der Waals surface area contributed by atoms with Crippen LogP contribution in [-0.4, -0.2) is 31.1 Å². The monoisotopic (exact) mass is 382 g/mol. The summed E-state index contributed by atoms with van der Waals surface area (Å²) < 4.78 is 0. The van der Waals surface area contributed by atoms with Gasteiger partial charge < -0.3 is 21.7 Å². The Hall–Kier alpha value is -2.86. The highest BCUT2D eigenvalue weighted by Crippen LogP contribution is 2.06. The van der Waals surface area contributed by atoms with Crippen LogP contribution in [0.25, 0.3) is 0 Å². The molecule has 0 aliphatic rings. The quantitative estimate of drug-likeness (QED) is 0.449. The Morgan fingerprint density at radius 2 is 1.50 bits per heavy atom. The van der Waals surface area contributed by atoms with Crippen molar-refractivity contribution >= 4 is 11.9 Å². The third-order valence-corrected chi connectivity index (χ3v) is 4.41. The van der Waals surface area contributed by atoms with E-state index in [1.54, 1.807) is 0 Å². The van der Waals surface area contributed by atoms with E-state index >= 15 is 0 Å². The third-order valence-electron chi connectivity index (χ3n) is 4.41. The van der Waals surface area contributed by atoms with Crippen molar-refractivity contribution in [3.63, 3.8) is 0 Å². The van der Waals surface area contributed by atoms with Crippen molar-refractivity contribution in [2.75, 3.05) is 13.1 Å². The maximum absolute atomic E-state index is 12.6. The number of carbonyl (C=O) groups excluding carboxylic acids is 2. The van der Waals surface area contributed by atoms with Gasteiger partial charge in [0, 0.05) is 13.1 Å². The number of unbranched alkanes of at least 4 members (excludes halogenated alkanes) is 1. The van der Waals surface area contributed by atoms with Gasteiger partial charge in [-0.15, -0.1) is 0 Å². The van der Waals surface area contributed by atoms with Gasteiger partial charge in [0.25, 0.3) is 0 Å². The predicted molar refractivity (Wildman–Crippen MR) is 112 cm³/mol. The molecule has 0 spiro atoms. The van der Waals surface area contributed by atoms with Crippen LogP contribution in [0.2, 0.25) is 0 Å². The first-order valence-corrected chi connectivity index (χ1v) is 9.79. The van der Waals surface area contributed by atoms with E-state index in [0.717, 1.165) is 24.0 Å². The van der Waals surface area contributed by atoms with Gasteiger partial charge in [0.1, 0.15) is 6.04 Å². The molecule has 28 heavy (non-hydrogen) atoms. The Morgan fingerprint density at radius 1 is 0.857 bits per heavy atom. The van der Waals surface area contributed by atoms with Crippen LogP contribution in [0.3, 0.4) is 0 Å². The van der Waals surface area contributed by atoms with Crippen molar-refractivity contribution in [3.8, 4) is 0 Å². The lowest BCUT2D eigenvalue weighted by Crippen LogP contribution is -2.50. The molecular formula is C22H30N4O2. The number of carbonyl (C=O) groups is 2. The lowest BCUT2D eigenvalue weighted by molar-refractivity contribution is -0.123. The molecule has 2 aromatic rings. The van der Waals surface area contributed by atoms with Crippen LogP contribution in [-0.2, 0) is 17.8 Å². The summed E-state index contributed by atoms with van der Waals surface area (Å²) in [6.07, 6.45) is 2.93. The summed E-state index contributed by atoms with van der Waals surface area (Å²) in [5, 5.41) is 8.52. The Labute approximate surface area is 166 Å². The Kier molecular flexibility index (Phi) is 9.58. The number of urea groups is 1. The molecule has 0 heterocycles. The summed E-state index contributed by atoms with van der Waals surface area (Å²) in [6.45, 7) is 1.58. The van der Waals surface area contributed by atoms with Crippen molar-refractivity contribution in [1.29, 1.82) is 0 Å². The Balaban J connectivity index is 1.87. The molecule has 0 bridgehead atoms. The predicted octanol–water partition coefficient (Wildman–Crippen LogP) is 2.34. The van der Waals surface area contributed by atoms with Gasteiger partial charge in [-0.25, -0.2) is 4.79 Å². The van der Waals surface area contributed by atoms with E-state index in [9.17, 15) is 9.59 Å². The summed E-state index contributed by atoms with van der Waals surface area (Å²) >= 11 is 0. The van der Waals surface area contributed by atoms with E-state index in [-0.39, 0.29) is 11.9 Å². The number of nitrogens with two attached hydrogens (primary N) is 1. The van der Waals surface area contributed by atoms with Gasteiger partial charge in [0.05, 0.1) is 0 Å². The van der Waals surface area contributed by atoms with Crippen molar-refractivity contribution in [1.82, 2.24) is 16.0 Å². The molecule has 150 valence electrons. The number of amides is 3. The van der Waals surface area contributed by atoms with Crippen LogP contribution in [0.1, 0.15) is 30.4 Å². The highest BCUT2D eigenvalue weighted by atomic mass is 16.2. The van der Waals surface area contributed by atoms with Crippen LogP contribution in [0, 0.1) is 0 Å². The molecular weight excluding hydrogens is 352 g/mol. The zero-order valence-corrected chi connectivity index (χ0v) is 16.2. The Morgan fingerprint density at radius 3 is 2.14 bits per heavy atom. The van der Waals surface area contributed by atoms with Crippen LogP contribution in [0.4, 0.5) is 4.79 Å². The standard InChI is InChI=1S/C22H30N4O2/c23-15-7-8-16-24-21(27)20(14-13-18-9-3-1-4-10-18)26-22(28)25-17-19-11-5-2-6-12-19/h1-6,9-12,20H,7-8,13-17,23H2,(H,24,27)(H2,25,26,28)/t20-/m0/s1. The minimum Gasteiger partial charge on any atom is -0.354 e. The molecule has 0 aliphatic carbocycles. The van der Waals surface area contributed by atoms with E-state index in [2.05, 4.69) is 16.0 Å². The van der Waals surface area contributed by atoms with E-state index in [1.807, 2.05) is 60.7 Å². The second-order valence-electron chi connectivity index (χ2n) is 6.68. The zero-order chi connectivity index (χ0) is 20.0. The molecule has 0 radical (unpaired) electrons. The molecule has 2 rings (SSSR count). The molecule has 0 saturated carbocycles. The molecule has 5 N–H and O–H groups in total. The highest BCUT2D eigenvalue weighted by molar-refractivity contribution is 5.87. The maximum Gasteiger partial charge on any atom is 0.315 e. The third kappa shape index (κ3) is 8.22. The largest absolute Gasteiger partial charge is 0.354 e. The topological polar surface area (TPSA) is 96.2 Å². The smallest absolute Gasteiger partial charge is 0.315 e. The molecule has 1 atom stereocenters. The minimum absolute atomic E-state index is 0.164. The molecule has 0 saturated heterocycles. The first-order chi connectivity index (χ1) is 13.7. The second kappa shape index (κ2) is 12.5. The van der Waals surface area contributed by atoms with E-state index < -0.39 is 6.04 Å². The van der Waals surface area contributed by atoms with Gasteiger partial charge in [0.15, 0.2) is 0 Å². The lowest BCUT2D eigenvalue weighted by atomic mass is 10.0. The van der Waals surface area contributed by atoms with Crippen molar-refractivity contribution in [3.05, 3.63) is 71.8 Å². The second-order valence-corrected chi connectivity index (χ2v) is 6.68. The molecule has 6 heteroatoms. The first-order valence-electron chi connectivity index (χ1n) is 9.79. The van der Waals surface area contributed by atoms with Crippen molar-refractivity contribution in [2.24, 2.45) is 5.73 Å². The number of nitrogens with one attached hydrogen (secondary N) is 3. The van der Waals surface area contributed by atoms with Gasteiger partial charge >= 0.3 is 6.03 Å². The number of benzene rings is 2. The van der Waals surface area contributed by atoms with Crippen LogP contribution >= 0.6 is 0 Å². The summed E-state index contributed by atoms with van der Waals surface area (Å²) in [6, 6.07) is 18.7. The van der Waals surface area contributed by atoms with Gasteiger partial charge in [-0.05, 0) is 43.4 Å². The zero-order valence-electron chi connectivity index (χ0n) is 16.2. The molecule has 0 aliphatic heterocycles. The molecule has 0 fully saturated rings. The summed E-state index contributed by atoms with van der Waals surface area (Å²) in [4.78, 5) is 24.9. The molecule has 0 aromatic heterocycles. The lowest BCUT2D eigenvalue weighted by Gasteiger charge is -2.19. The van der Waals surface area contributed by atoms with Gasteiger partial charge in [-0.1, -0.05) is 60.7 Å². The average molecular weight is 383 g/mol.